The molecule has 0 aliphatic carbocycles. The third kappa shape index (κ3) is 1.83. The minimum atomic E-state index is 0.488. The van der Waals surface area contributed by atoms with Crippen LogP contribution in [0.5, 0.6) is 5.75 Å². The van der Waals surface area contributed by atoms with Crippen LogP contribution in [0.25, 0.3) is 22.0 Å². The third-order valence-corrected chi connectivity index (χ3v) is 3.12. The first-order valence-electron chi connectivity index (χ1n) is 5.55. The predicted octanol–water partition coefficient (Wildman–Crippen LogP) is 3.89. The van der Waals surface area contributed by atoms with E-state index in [0.717, 1.165) is 27.8 Å². The second kappa shape index (κ2) is 4.35. The Labute approximate surface area is 109 Å². The van der Waals surface area contributed by atoms with Crippen LogP contribution in [0.1, 0.15) is 0 Å². The van der Waals surface area contributed by atoms with Gasteiger partial charge in [0, 0.05) is 23.3 Å². The summed E-state index contributed by atoms with van der Waals surface area (Å²) in [4.78, 5) is 7.32. The van der Waals surface area contributed by atoms with E-state index in [9.17, 15) is 0 Å². The number of rotatable bonds is 2. The molecule has 3 aromatic rings. The molecule has 4 heteroatoms. The average molecular weight is 259 g/mol. The Morgan fingerprint density at radius 2 is 2.17 bits per heavy atom. The maximum Gasteiger partial charge on any atom is 0.131 e. The highest BCUT2D eigenvalue weighted by Gasteiger charge is 2.07. The molecule has 0 saturated carbocycles. The van der Waals surface area contributed by atoms with Crippen LogP contribution < -0.4 is 4.74 Å². The summed E-state index contributed by atoms with van der Waals surface area (Å²) in [6.45, 7) is 0. The standard InChI is InChI=1S/C14H11ClN2O/c1-18-10-4-2-3-9(5-10)11-7-16-13-6-14(15)17-8-12(11)13/h2-8,16H,1H3. The second-order valence-electron chi connectivity index (χ2n) is 3.99. The lowest BCUT2D eigenvalue weighted by atomic mass is 10.1. The van der Waals surface area contributed by atoms with Gasteiger partial charge in [-0.3, -0.25) is 0 Å². The molecule has 0 bridgehead atoms. The van der Waals surface area contributed by atoms with Crippen molar-refractivity contribution in [3.63, 3.8) is 0 Å². The number of H-pyrrole nitrogens is 1. The van der Waals surface area contributed by atoms with E-state index in [4.69, 9.17) is 16.3 Å². The fourth-order valence-corrected chi connectivity index (χ4v) is 2.18. The van der Waals surface area contributed by atoms with Crippen LogP contribution in [-0.4, -0.2) is 17.1 Å². The van der Waals surface area contributed by atoms with Gasteiger partial charge in [-0.1, -0.05) is 23.7 Å². The zero-order valence-corrected chi connectivity index (χ0v) is 10.5. The van der Waals surface area contributed by atoms with Crippen molar-refractivity contribution in [3.8, 4) is 16.9 Å². The van der Waals surface area contributed by atoms with Crippen LogP contribution in [-0.2, 0) is 0 Å². The van der Waals surface area contributed by atoms with Crippen LogP contribution in [0.3, 0.4) is 0 Å². The van der Waals surface area contributed by atoms with Gasteiger partial charge in [-0.25, -0.2) is 4.98 Å². The first-order valence-corrected chi connectivity index (χ1v) is 5.93. The Balaban J connectivity index is 2.19. The molecular formula is C14H11ClN2O. The SMILES string of the molecule is COc1cccc(-c2c[nH]c3cc(Cl)ncc23)c1. The lowest BCUT2D eigenvalue weighted by Gasteiger charge is -2.03. The smallest absolute Gasteiger partial charge is 0.131 e. The summed E-state index contributed by atoms with van der Waals surface area (Å²) >= 11 is 5.87. The number of nitrogens with zero attached hydrogens (tertiary/aromatic N) is 1. The van der Waals surface area contributed by atoms with Gasteiger partial charge in [0.15, 0.2) is 0 Å². The lowest BCUT2D eigenvalue weighted by Crippen LogP contribution is -1.83. The summed E-state index contributed by atoms with van der Waals surface area (Å²) in [5, 5.41) is 1.54. The monoisotopic (exact) mass is 258 g/mol. The van der Waals surface area contributed by atoms with Crippen molar-refractivity contribution < 1.29 is 4.74 Å². The van der Waals surface area contributed by atoms with Gasteiger partial charge in [0.05, 0.1) is 12.6 Å². The zero-order chi connectivity index (χ0) is 12.5. The van der Waals surface area contributed by atoms with Crippen molar-refractivity contribution in [1.82, 2.24) is 9.97 Å². The highest BCUT2D eigenvalue weighted by Crippen LogP contribution is 2.30. The molecule has 18 heavy (non-hydrogen) atoms. The second-order valence-corrected chi connectivity index (χ2v) is 4.37. The van der Waals surface area contributed by atoms with Gasteiger partial charge in [0.1, 0.15) is 10.9 Å². The normalized spacial score (nSPS) is 10.8. The quantitative estimate of drug-likeness (QED) is 0.708. The summed E-state index contributed by atoms with van der Waals surface area (Å²) in [5.41, 5.74) is 3.16. The van der Waals surface area contributed by atoms with Crippen LogP contribution in [0, 0.1) is 0 Å². The molecule has 0 aliphatic heterocycles. The number of methoxy groups -OCH3 is 1. The highest BCUT2D eigenvalue weighted by molar-refractivity contribution is 6.30. The number of fused-ring (bicyclic) bond motifs is 1. The van der Waals surface area contributed by atoms with Crippen molar-refractivity contribution in [1.29, 1.82) is 0 Å². The van der Waals surface area contributed by atoms with Crippen molar-refractivity contribution in [2.75, 3.05) is 7.11 Å². The van der Waals surface area contributed by atoms with E-state index in [1.54, 1.807) is 13.3 Å². The minimum absolute atomic E-state index is 0.488. The molecule has 0 fully saturated rings. The number of halogens is 1. The Morgan fingerprint density at radius 3 is 3.00 bits per heavy atom. The van der Waals surface area contributed by atoms with E-state index in [2.05, 4.69) is 9.97 Å². The molecule has 0 radical (unpaired) electrons. The molecule has 0 spiro atoms. The van der Waals surface area contributed by atoms with Gasteiger partial charge in [0.2, 0.25) is 0 Å². The molecular weight excluding hydrogens is 248 g/mol. The minimum Gasteiger partial charge on any atom is -0.497 e. The van der Waals surface area contributed by atoms with Gasteiger partial charge in [-0.2, -0.15) is 0 Å². The van der Waals surface area contributed by atoms with Crippen molar-refractivity contribution in [3.05, 3.63) is 47.9 Å². The van der Waals surface area contributed by atoms with Crippen LogP contribution in [0.4, 0.5) is 0 Å². The molecule has 0 amide bonds. The fourth-order valence-electron chi connectivity index (χ4n) is 2.02. The van der Waals surface area contributed by atoms with Crippen molar-refractivity contribution in [2.24, 2.45) is 0 Å². The molecule has 2 aromatic heterocycles. The number of pyridine rings is 1. The Kier molecular flexibility index (Phi) is 2.68. The van der Waals surface area contributed by atoms with Gasteiger partial charge < -0.3 is 9.72 Å². The van der Waals surface area contributed by atoms with Gasteiger partial charge in [0.25, 0.3) is 0 Å². The molecule has 3 nitrogen and oxygen atoms in total. The maximum absolute atomic E-state index is 5.87. The molecule has 2 heterocycles. The fraction of sp³-hybridized carbons (Fsp3) is 0.0714. The van der Waals surface area contributed by atoms with Crippen LogP contribution >= 0.6 is 11.6 Å². The van der Waals surface area contributed by atoms with Gasteiger partial charge in [-0.15, -0.1) is 0 Å². The van der Waals surface area contributed by atoms with E-state index >= 15 is 0 Å². The maximum atomic E-state index is 5.87. The van der Waals surface area contributed by atoms with E-state index < -0.39 is 0 Å². The number of benzene rings is 1. The van der Waals surface area contributed by atoms with E-state index in [1.807, 2.05) is 36.5 Å². The Morgan fingerprint density at radius 1 is 1.28 bits per heavy atom. The number of ether oxygens (including phenoxy) is 1. The molecule has 1 aromatic carbocycles. The molecule has 90 valence electrons. The van der Waals surface area contributed by atoms with Gasteiger partial charge in [-0.05, 0) is 23.8 Å². The highest BCUT2D eigenvalue weighted by atomic mass is 35.5. The van der Waals surface area contributed by atoms with Crippen molar-refractivity contribution >= 4 is 22.5 Å². The van der Waals surface area contributed by atoms with E-state index in [-0.39, 0.29) is 0 Å². The van der Waals surface area contributed by atoms with E-state index in [0.29, 0.717) is 5.15 Å². The molecule has 0 atom stereocenters. The number of aromatic nitrogens is 2. The summed E-state index contributed by atoms with van der Waals surface area (Å²) in [6.07, 6.45) is 3.74. The first-order chi connectivity index (χ1) is 8.78. The molecule has 0 saturated heterocycles. The summed E-state index contributed by atoms with van der Waals surface area (Å²) in [6, 6.07) is 9.75. The Bertz CT molecular complexity index is 706. The largest absolute Gasteiger partial charge is 0.497 e. The third-order valence-electron chi connectivity index (χ3n) is 2.91. The first kappa shape index (κ1) is 11.1. The summed E-state index contributed by atoms with van der Waals surface area (Å²) < 4.78 is 5.24. The summed E-state index contributed by atoms with van der Waals surface area (Å²) in [5.74, 6) is 0.837. The number of nitrogens with one attached hydrogen (secondary N) is 1. The molecule has 1 N–H and O–H groups in total. The number of hydrogen-bond donors (Lipinski definition) is 1. The average Bonchev–Trinajstić information content (AvgIpc) is 2.81. The predicted molar refractivity (Wildman–Crippen MR) is 73.1 cm³/mol. The van der Waals surface area contributed by atoms with Gasteiger partial charge >= 0.3 is 0 Å². The number of aromatic amines is 1. The molecule has 3 rings (SSSR count). The molecule has 0 unspecified atom stereocenters. The number of hydrogen-bond acceptors (Lipinski definition) is 2. The molecule has 0 aliphatic rings. The van der Waals surface area contributed by atoms with Crippen molar-refractivity contribution in [2.45, 2.75) is 0 Å². The van der Waals surface area contributed by atoms with Crippen LogP contribution in [0.15, 0.2) is 42.7 Å². The summed E-state index contributed by atoms with van der Waals surface area (Å²) in [7, 11) is 1.66. The van der Waals surface area contributed by atoms with E-state index in [1.165, 1.54) is 0 Å². The lowest BCUT2D eigenvalue weighted by molar-refractivity contribution is 0.415. The van der Waals surface area contributed by atoms with Crippen LogP contribution in [0.2, 0.25) is 5.15 Å². The zero-order valence-electron chi connectivity index (χ0n) is 9.77. The Hall–Kier alpha value is -2.00. The topological polar surface area (TPSA) is 37.9 Å².